The van der Waals surface area contributed by atoms with Crippen LogP contribution in [0.1, 0.15) is 137 Å². The lowest BCUT2D eigenvalue weighted by molar-refractivity contribution is -0.144. The van der Waals surface area contributed by atoms with Gasteiger partial charge >= 0.3 is 17.9 Å². The molecule has 1 saturated heterocycles. The quantitative estimate of drug-likeness (QED) is 0.0116. The Morgan fingerprint density at radius 3 is 1.30 bits per heavy atom. The summed E-state index contributed by atoms with van der Waals surface area (Å²) in [4.78, 5) is 262. The first-order valence-electron chi connectivity index (χ1n) is 36.8. The average molecular weight is 1660 g/mol. The molecule has 648 valence electrons. The highest BCUT2D eigenvalue weighted by Gasteiger charge is 2.42. The number of amides is 16. The molecule has 48 nitrogen and oxygen atoms in total. The van der Waals surface area contributed by atoms with E-state index in [0.29, 0.717) is 6.42 Å². The van der Waals surface area contributed by atoms with Gasteiger partial charge < -0.3 is 145 Å². The number of aliphatic hydroxyl groups is 2. The number of aliphatic imine (C=N–C) groups is 2. The summed E-state index contributed by atoms with van der Waals surface area (Å²) in [5, 5.41) is 80.5. The van der Waals surface area contributed by atoms with E-state index < -0.39 is 285 Å². The number of carbonyl (C=O) groups is 19. The Morgan fingerprint density at radius 2 is 0.878 bits per heavy atom. The fourth-order valence-corrected chi connectivity index (χ4v) is 11.3. The maximum absolute atomic E-state index is 14.3. The van der Waals surface area contributed by atoms with Gasteiger partial charge in [0.1, 0.15) is 78.5 Å². The molecule has 0 aromatic rings. The predicted octanol–water partition coefficient (Wildman–Crippen LogP) is -12.3. The number of aliphatic hydroxyl groups excluding tert-OH is 2. The van der Waals surface area contributed by atoms with Crippen LogP contribution in [0.4, 0.5) is 0 Å². The van der Waals surface area contributed by atoms with Crippen molar-refractivity contribution in [3.8, 4) is 0 Å². The van der Waals surface area contributed by atoms with E-state index in [9.17, 15) is 117 Å². The van der Waals surface area contributed by atoms with Crippen molar-refractivity contribution in [3.05, 3.63) is 0 Å². The summed E-state index contributed by atoms with van der Waals surface area (Å²) in [6, 6.07) is -23.3. The number of nitrogens with one attached hydrogen (secondary N) is 13. The van der Waals surface area contributed by atoms with E-state index in [1.807, 2.05) is 0 Å². The van der Waals surface area contributed by atoms with Crippen molar-refractivity contribution in [2.45, 2.75) is 222 Å². The normalized spacial score (nSPS) is 16.0. The molecule has 15 atom stereocenters. The van der Waals surface area contributed by atoms with Gasteiger partial charge in [0.15, 0.2) is 11.9 Å². The first-order chi connectivity index (χ1) is 54.0. The standard InChI is InChI=1S/C66H114N24O24S/c1-6-31(4)50(89-61(110)49(30(2)3)88-56(105)33(12-7-8-20-67)80-57(106)38(24-45(70)94)78-46(95)26-77-51(100)32(5)68)62(111)86-41(28-92)63(112)90-23-11-15-43(90)60(109)85-40(27-91)59(108)83-37(17-19-47(96)97)54(103)84-39(25-48(98)99)58(107)81-35(14-10-22-76-66(73)74)52(101)79-34(13-9-21-75-65(71)72)53(102)82-36(16-18-44(69)93)55(104)87-42(29-115)64(113)114/h30-43,49-50,91-92,115H,6-29,67-68H2,1-5H3,(H2,69,93)(H2,70,94)(H,77,100)(H,78,95)(H,79,101)(H,80,106)(H,81,107)(H,82,102)(H,83,108)(H,84,103)(H,85,109)(H,86,111)(H,87,104)(H,88,105)(H,89,110)(H,96,97)(H,98,99)(H,113,114)(H4,71,72,75)(H4,73,74,76). The molecule has 0 aromatic heterocycles. The molecule has 15 unspecified atom stereocenters. The molecule has 0 aliphatic carbocycles. The number of hydrogen-bond donors (Lipinski definition) is 27. The van der Waals surface area contributed by atoms with Crippen LogP contribution in [0.2, 0.25) is 0 Å². The van der Waals surface area contributed by atoms with Crippen molar-refractivity contribution in [3.63, 3.8) is 0 Å². The molecule has 1 heterocycles. The van der Waals surface area contributed by atoms with Crippen molar-refractivity contribution in [2.75, 3.05) is 51.7 Å². The van der Waals surface area contributed by atoms with E-state index >= 15 is 0 Å². The van der Waals surface area contributed by atoms with Crippen molar-refractivity contribution < 1.29 is 117 Å². The summed E-state index contributed by atoms with van der Waals surface area (Å²) in [5.74, 6) is -24.9. The van der Waals surface area contributed by atoms with E-state index in [4.69, 9.17) is 45.9 Å². The van der Waals surface area contributed by atoms with Gasteiger partial charge in [-0.3, -0.25) is 96.3 Å². The zero-order valence-corrected chi connectivity index (χ0v) is 65.5. The first kappa shape index (κ1) is 102. The number of primary amides is 2. The molecule has 34 N–H and O–H groups in total. The van der Waals surface area contributed by atoms with Gasteiger partial charge in [-0.25, -0.2) is 4.79 Å². The second kappa shape index (κ2) is 52.9. The second-order valence-corrected chi connectivity index (χ2v) is 27.6. The number of nitrogens with two attached hydrogens (primary N) is 8. The van der Waals surface area contributed by atoms with Crippen LogP contribution in [-0.4, -0.2) is 291 Å². The number of aliphatic carboxylic acids is 3. The largest absolute Gasteiger partial charge is 0.481 e. The van der Waals surface area contributed by atoms with Crippen LogP contribution >= 0.6 is 12.6 Å². The van der Waals surface area contributed by atoms with Gasteiger partial charge in [0.05, 0.1) is 38.6 Å². The third kappa shape index (κ3) is 38.4. The third-order valence-electron chi connectivity index (χ3n) is 17.5. The SMILES string of the molecule is CCC(C)C(NC(=O)C(NC(=O)C(CCCCN)NC(=O)C(CC(N)=O)NC(=O)CNC(=O)C(C)N)C(C)C)C(=O)NC(CO)C(=O)N1CCCC1C(=O)NC(CO)C(=O)NC(CCC(=O)O)C(=O)NC(CC(=O)O)C(=O)NC(CCCN=C(N)N)C(=O)NC(CCCN=C(N)N)C(=O)NC(CCC(N)=O)C(=O)NC(CS)C(=O)O. The number of unbranched alkanes of at least 4 members (excludes halogenated alkanes) is 1. The maximum atomic E-state index is 14.3. The molecule has 16 amide bonds. The van der Waals surface area contributed by atoms with E-state index in [0.717, 1.165) is 4.90 Å². The van der Waals surface area contributed by atoms with Crippen molar-refractivity contribution >= 4 is 137 Å². The number of guanidine groups is 2. The monoisotopic (exact) mass is 1660 g/mol. The smallest absolute Gasteiger partial charge is 0.327 e. The van der Waals surface area contributed by atoms with Gasteiger partial charge in [0.25, 0.3) is 0 Å². The fourth-order valence-electron chi connectivity index (χ4n) is 11.0. The van der Waals surface area contributed by atoms with E-state index in [1.165, 1.54) is 20.8 Å². The minimum absolute atomic E-state index is 0.0698. The minimum Gasteiger partial charge on any atom is -0.481 e. The molecule has 1 aliphatic rings. The Kier molecular flexibility index (Phi) is 46.7. The van der Waals surface area contributed by atoms with Crippen LogP contribution in [0, 0.1) is 11.8 Å². The van der Waals surface area contributed by atoms with Crippen molar-refractivity contribution in [1.82, 2.24) is 74.0 Å². The number of likely N-dealkylation sites (tertiary alicyclic amines) is 1. The first-order valence-corrected chi connectivity index (χ1v) is 37.4. The highest BCUT2D eigenvalue weighted by Crippen LogP contribution is 2.21. The van der Waals surface area contributed by atoms with Gasteiger partial charge in [-0.1, -0.05) is 34.1 Å². The zero-order valence-electron chi connectivity index (χ0n) is 64.6. The highest BCUT2D eigenvalue weighted by atomic mass is 32.1. The molecule has 0 aromatic carbocycles. The summed E-state index contributed by atoms with van der Waals surface area (Å²) in [6.45, 7) is 4.25. The van der Waals surface area contributed by atoms with Crippen molar-refractivity contribution in [1.29, 1.82) is 0 Å². The number of carboxylic acid groups (broad SMARTS) is 3. The Morgan fingerprint density at radius 1 is 0.461 bits per heavy atom. The van der Waals surface area contributed by atoms with Crippen LogP contribution in [0.25, 0.3) is 0 Å². The number of carboxylic acids is 3. The third-order valence-corrected chi connectivity index (χ3v) is 17.9. The zero-order chi connectivity index (χ0) is 87.5. The second-order valence-electron chi connectivity index (χ2n) is 27.2. The molecule has 49 heteroatoms. The molecular weight excluding hydrogens is 1540 g/mol. The maximum Gasteiger partial charge on any atom is 0.327 e. The topological polar surface area (TPSA) is 818 Å². The van der Waals surface area contributed by atoms with Gasteiger partial charge in [-0.2, -0.15) is 12.6 Å². The van der Waals surface area contributed by atoms with E-state index in [-0.39, 0.29) is 83.5 Å². The molecule has 0 spiro atoms. The lowest BCUT2D eigenvalue weighted by Crippen LogP contribution is -2.62. The molecule has 115 heavy (non-hydrogen) atoms. The number of thiol groups is 1. The predicted molar refractivity (Wildman–Crippen MR) is 409 cm³/mol. The Balaban J connectivity index is 3.60. The van der Waals surface area contributed by atoms with Crippen LogP contribution < -0.4 is 115 Å². The summed E-state index contributed by atoms with van der Waals surface area (Å²) < 4.78 is 0. The molecule has 0 bridgehead atoms. The number of hydrogen-bond acceptors (Lipinski definition) is 26. The van der Waals surface area contributed by atoms with Gasteiger partial charge in [-0.15, -0.1) is 0 Å². The number of rotatable bonds is 56. The van der Waals surface area contributed by atoms with Gasteiger partial charge in [0.2, 0.25) is 94.5 Å². The van der Waals surface area contributed by atoms with Crippen LogP contribution in [-0.2, 0) is 91.1 Å². The molecule has 1 fully saturated rings. The van der Waals surface area contributed by atoms with E-state index in [2.05, 4.69) is 91.7 Å². The molecule has 1 aliphatic heterocycles. The lowest BCUT2D eigenvalue weighted by atomic mass is 9.96. The number of carbonyl (C=O) groups excluding carboxylic acids is 16. The van der Waals surface area contributed by atoms with Crippen LogP contribution in [0.5, 0.6) is 0 Å². The molecular formula is C66H114N24O24S. The fraction of sp³-hybridized carbons (Fsp3) is 0.682. The van der Waals surface area contributed by atoms with Gasteiger partial charge in [-0.05, 0) is 95.9 Å². The highest BCUT2D eigenvalue weighted by molar-refractivity contribution is 7.80. The number of nitrogens with zero attached hydrogens (tertiary/aromatic N) is 3. The summed E-state index contributed by atoms with van der Waals surface area (Å²) >= 11 is 3.91. The summed E-state index contributed by atoms with van der Waals surface area (Å²) in [5.41, 5.74) is 43.7. The van der Waals surface area contributed by atoms with E-state index in [1.54, 1.807) is 13.8 Å². The van der Waals surface area contributed by atoms with Crippen LogP contribution in [0.15, 0.2) is 9.98 Å². The Hall–Kier alpha value is -11.3. The molecule has 1 rings (SSSR count). The average Bonchev–Trinajstić information content (AvgIpc) is 1.78. The van der Waals surface area contributed by atoms with Gasteiger partial charge in [0, 0.05) is 38.2 Å². The minimum atomic E-state index is -2.19. The Bertz CT molecular complexity index is 3460. The molecule has 0 saturated carbocycles. The van der Waals surface area contributed by atoms with Crippen molar-refractivity contribution in [2.24, 2.45) is 67.7 Å². The Labute approximate surface area is 666 Å². The lowest BCUT2D eigenvalue weighted by Gasteiger charge is -2.32. The van der Waals surface area contributed by atoms with Crippen LogP contribution in [0.3, 0.4) is 0 Å². The summed E-state index contributed by atoms with van der Waals surface area (Å²) in [6.07, 6.45) is -4.99. The summed E-state index contributed by atoms with van der Waals surface area (Å²) in [7, 11) is 0. The molecule has 0 radical (unpaired) electrons.